The van der Waals surface area contributed by atoms with Crippen LogP contribution in [0.2, 0.25) is 0 Å². The van der Waals surface area contributed by atoms with E-state index in [1.54, 1.807) is 18.2 Å². The summed E-state index contributed by atoms with van der Waals surface area (Å²) >= 11 is 0. The van der Waals surface area contributed by atoms with Crippen molar-refractivity contribution in [3.8, 4) is 0 Å². The summed E-state index contributed by atoms with van der Waals surface area (Å²) in [7, 11) is 1.35. The van der Waals surface area contributed by atoms with Crippen LogP contribution >= 0.6 is 0 Å². The van der Waals surface area contributed by atoms with Gasteiger partial charge in [0.05, 0.1) is 12.7 Å². The zero-order valence-electron chi connectivity index (χ0n) is 8.37. The molecule has 1 aromatic carbocycles. The quantitative estimate of drug-likeness (QED) is 0.704. The van der Waals surface area contributed by atoms with Gasteiger partial charge in [0.2, 0.25) is 5.91 Å². The predicted molar refractivity (Wildman–Crippen MR) is 54.7 cm³/mol. The molecule has 4 nitrogen and oxygen atoms in total. The Morgan fingerprint density at radius 2 is 2.20 bits per heavy atom. The second-order valence-electron chi connectivity index (χ2n) is 3.37. The van der Waals surface area contributed by atoms with Crippen molar-refractivity contribution in [2.75, 3.05) is 12.4 Å². The maximum Gasteiger partial charge on any atom is 0.338 e. The Kier molecular flexibility index (Phi) is 2.41. The molecule has 0 bridgehead atoms. The van der Waals surface area contributed by atoms with Crippen molar-refractivity contribution in [3.05, 3.63) is 29.3 Å². The number of amides is 1. The number of methoxy groups -OCH3 is 1. The molecular weight excluding hydrogens is 194 g/mol. The third-order valence-corrected chi connectivity index (χ3v) is 2.46. The first-order valence-corrected chi connectivity index (χ1v) is 4.72. The minimum absolute atomic E-state index is 0.00971. The number of anilines is 1. The van der Waals surface area contributed by atoms with Gasteiger partial charge in [-0.2, -0.15) is 0 Å². The van der Waals surface area contributed by atoms with Gasteiger partial charge in [-0.1, -0.05) is 6.07 Å². The summed E-state index contributed by atoms with van der Waals surface area (Å²) in [5.41, 5.74) is 2.12. The summed E-state index contributed by atoms with van der Waals surface area (Å²) < 4.78 is 4.68. The minimum atomic E-state index is -0.358. The summed E-state index contributed by atoms with van der Waals surface area (Å²) in [5.74, 6) is -0.368. The number of carbonyl (C=O) groups is 2. The first-order chi connectivity index (χ1) is 7.22. The monoisotopic (exact) mass is 205 g/mol. The number of nitrogens with one attached hydrogen (secondary N) is 1. The highest BCUT2D eigenvalue weighted by atomic mass is 16.5. The lowest BCUT2D eigenvalue weighted by atomic mass is 9.97. The number of fused-ring (bicyclic) bond motifs is 1. The van der Waals surface area contributed by atoms with Crippen molar-refractivity contribution in [3.63, 3.8) is 0 Å². The summed E-state index contributed by atoms with van der Waals surface area (Å²) in [6.45, 7) is 0. The van der Waals surface area contributed by atoms with E-state index in [2.05, 4.69) is 10.1 Å². The number of benzene rings is 1. The lowest BCUT2D eigenvalue weighted by Gasteiger charge is -2.18. The van der Waals surface area contributed by atoms with Crippen LogP contribution in [0, 0.1) is 0 Å². The standard InChI is InChI=1S/C11H11NO3/c1-15-11(14)8-3-2-4-9-7(8)5-6-10(13)12-9/h2-4H,5-6H2,1H3,(H,12,13). The first kappa shape index (κ1) is 9.71. The third kappa shape index (κ3) is 1.70. The second-order valence-corrected chi connectivity index (χ2v) is 3.37. The molecule has 4 heteroatoms. The highest BCUT2D eigenvalue weighted by Crippen LogP contribution is 2.26. The number of carbonyl (C=O) groups excluding carboxylic acids is 2. The fraction of sp³-hybridized carbons (Fsp3) is 0.273. The molecule has 2 rings (SSSR count). The molecule has 78 valence electrons. The lowest BCUT2D eigenvalue weighted by molar-refractivity contribution is -0.116. The van der Waals surface area contributed by atoms with E-state index >= 15 is 0 Å². The Bertz CT molecular complexity index is 426. The van der Waals surface area contributed by atoms with Crippen LogP contribution in [-0.2, 0) is 16.0 Å². The third-order valence-electron chi connectivity index (χ3n) is 2.46. The van der Waals surface area contributed by atoms with Crippen molar-refractivity contribution in [1.82, 2.24) is 0 Å². The molecule has 1 amide bonds. The van der Waals surface area contributed by atoms with Gasteiger partial charge in [-0.15, -0.1) is 0 Å². The van der Waals surface area contributed by atoms with E-state index in [0.717, 1.165) is 5.56 Å². The number of esters is 1. The van der Waals surface area contributed by atoms with Gasteiger partial charge in [0, 0.05) is 12.1 Å². The van der Waals surface area contributed by atoms with Gasteiger partial charge in [-0.25, -0.2) is 4.79 Å². The molecule has 1 heterocycles. The zero-order chi connectivity index (χ0) is 10.8. The van der Waals surface area contributed by atoms with Crippen molar-refractivity contribution in [1.29, 1.82) is 0 Å². The fourth-order valence-electron chi connectivity index (χ4n) is 1.73. The average Bonchev–Trinajstić information content (AvgIpc) is 2.26. The second kappa shape index (κ2) is 3.73. The largest absolute Gasteiger partial charge is 0.465 e. The Hall–Kier alpha value is -1.84. The highest BCUT2D eigenvalue weighted by Gasteiger charge is 2.20. The van der Waals surface area contributed by atoms with Gasteiger partial charge in [0.25, 0.3) is 0 Å². The number of ether oxygens (including phenoxy) is 1. The van der Waals surface area contributed by atoms with Gasteiger partial charge in [0.15, 0.2) is 0 Å². The van der Waals surface area contributed by atoms with E-state index in [4.69, 9.17) is 0 Å². The van der Waals surface area contributed by atoms with Crippen LogP contribution in [-0.4, -0.2) is 19.0 Å². The summed E-state index contributed by atoms with van der Waals surface area (Å²) in [6, 6.07) is 5.23. The summed E-state index contributed by atoms with van der Waals surface area (Å²) in [5, 5.41) is 2.73. The van der Waals surface area contributed by atoms with E-state index in [9.17, 15) is 9.59 Å². The Morgan fingerprint density at radius 3 is 2.93 bits per heavy atom. The van der Waals surface area contributed by atoms with Gasteiger partial charge in [-0.05, 0) is 24.1 Å². The molecule has 1 aliphatic rings. The molecule has 0 atom stereocenters. The minimum Gasteiger partial charge on any atom is -0.465 e. The smallest absolute Gasteiger partial charge is 0.338 e. The van der Waals surface area contributed by atoms with E-state index in [-0.39, 0.29) is 11.9 Å². The number of hydrogen-bond acceptors (Lipinski definition) is 3. The zero-order valence-corrected chi connectivity index (χ0v) is 8.37. The molecule has 0 fully saturated rings. The molecule has 0 spiro atoms. The van der Waals surface area contributed by atoms with Crippen LogP contribution < -0.4 is 5.32 Å². The molecule has 0 radical (unpaired) electrons. The summed E-state index contributed by atoms with van der Waals surface area (Å²) in [6.07, 6.45) is 1.01. The molecule has 0 unspecified atom stereocenters. The molecule has 1 aromatic rings. The van der Waals surface area contributed by atoms with E-state index in [0.29, 0.717) is 24.1 Å². The van der Waals surface area contributed by atoms with Gasteiger partial charge < -0.3 is 10.1 Å². The predicted octanol–water partition coefficient (Wildman–Crippen LogP) is 1.36. The van der Waals surface area contributed by atoms with E-state index in [1.807, 2.05) is 0 Å². The topological polar surface area (TPSA) is 55.4 Å². The molecule has 1 N–H and O–H groups in total. The summed E-state index contributed by atoms with van der Waals surface area (Å²) in [4.78, 5) is 22.6. The number of rotatable bonds is 1. The first-order valence-electron chi connectivity index (χ1n) is 4.72. The Balaban J connectivity index is 2.46. The highest BCUT2D eigenvalue weighted by molar-refractivity contribution is 5.99. The van der Waals surface area contributed by atoms with Crippen LogP contribution in [0.3, 0.4) is 0 Å². The van der Waals surface area contributed by atoms with Crippen LogP contribution in [0.4, 0.5) is 5.69 Å². The molecular formula is C11H11NO3. The Morgan fingerprint density at radius 1 is 1.40 bits per heavy atom. The molecule has 0 aromatic heterocycles. The lowest BCUT2D eigenvalue weighted by Crippen LogP contribution is -2.21. The van der Waals surface area contributed by atoms with Crippen molar-refractivity contribution in [2.45, 2.75) is 12.8 Å². The van der Waals surface area contributed by atoms with Crippen LogP contribution in [0.25, 0.3) is 0 Å². The Labute approximate surface area is 87.2 Å². The maximum atomic E-state index is 11.4. The van der Waals surface area contributed by atoms with Crippen LogP contribution in [0.15, 0.2) is 18.2 Å². The van der Waals surface area contributed by atoms with Crippen molar-refractivity contribution >= 4 is 17.6 Å². The average molecular weight is 205 g/mol. The van der Waals surface area contributed by atoms with Crippen molar-refractivity contribution in [2.24, 2.45) is 0 Å². The fourth-order valence-corrected chi connectivity index (χ4v) is 1.73. The van der Waals surface area contributed by atoms with Crippen LogP contribution in [0.1, 0.15) is 22.3 Å². The number of hydrogen-bond donors (Lipinski definition) is 1. The molecule has 0 saturated carbocycles. The SMILES string of the molecule is COC(=O)c1cccc2c1CCC(=O)N2. The molecule has 0 saturated heterocycles. The van der Waals surface area contributed by atoms with Gasteiger partial charge in [-0.3, -0.25) is 4.79 Å². The molecule has 0 aliphatic carbocycles. The molecule has 15 heavy (non-hydrogen) atoms. The maximum absolute atomic E-state index is 11.4. The van der Waals surface area contributed by atoms with Crippen LogP contribution in [0.5, 0.6) is 0 Å². The van der Waals surface area contributed by atoms with Crippen molar-refractivity contribution < 1.29 is 14.3 Å². The molecule has 1 aliphatic heterocycles. The van der Waals surface area contributed by atoms with E-state index < -0.39 is 0 Å². The van der Waals surface area contributed by atoms with Gasteiger partial charge in [0.1, 0.15) is 0 Å². The normalized spacial score (nSPS) is 14.1. The van der Waals surface area contributed by atoms with E-state index in [1.165, 1.54) is 7.11 Å². The van der Waals surface area contributed by atoms with Gasteiger partial charge >= 0.3 is 5.97 Å².